The molecule has 0 unspecified atom stereocenters. The van der Waals surface area contributed by atoms with Crippen molar-refractivity contribution >= 4 is 21.7 Å². The van der Waals surface area contributed by atoms with E-state index >= 15 is 0 Å². The minimum atomic E-state index is -4.24. The lowest BCUT2D eigenvalue weighted by Crippen LogP contribution is -1.84. The molecule has 0 aromatic heterocycles. The number of halogens is 1. The SMILES string of the molecule is [O]S(=O)(=O)C=CCl. The van der Waals surface area contributed by atoms with Gasteiger partial charge < -0.3 is 0 Å². The molecule has 0 rings (SSSR count). The van der Waals surface area contributed by atoms with Crippen molar-refractivity contribution in [1.82, 2.24) is 0 Å². The summed E-state index contributed by atoms with van der Waals surface area (Å²) in [6.07, 6.45) is 0. The molecular weight excluding hydrogens is 140 g/mol. The third-order valence-corrected chi connectivity index (χ3v) is 0.963. The zero-order valence-corrected chi connectivity index (χ0v) is 4.74. The van der Waals surface area contributed by atoms with Gasteiger partial charge in [-0.1, -0.05) is 16.2 Å². The van der Waals surface area contributed by atoms with Gasteiger partial charge >= 0.3 is 10.1 Å². The molecule has 0 N–H and O–H groups in total. The minimum absolute atomic E-state index is 0.370. The van der Waals surface area contributed by atoms with E-state index < -0.39 is 10.1 Å². The van der Waals surface area contributed by atoms with Crippen LogP contribution in [0.2, 0.25) is 0 Å². The van der Waals surface area contributed by atoms with Crippen molar-refractivity contribution in [3.63, 3.8) is 0 Å². The predicted molar refractivity (Wildman–Crippen MR) is 24.6 cm³/mol. The van der Waals surface area contributed by atoms with Crippen LogP contribution in [0.3, 0.4) is 0 Å². The topological polar surface area (TPSA) is 54.0 Å². The molecule has 41 valence electrons. The molecule has 0 aromatic carbocycles. The highest BCUT2D eigenvalue weighted by Crippen LogP contribution is 1.86. The highest BCUT2D eigenvalue weighted by Gasteiger charge is 1.94. The molecule has 0 aliphatic heterocycles. The molecule has 3 nitrogen and oxygen atoms in total. The normalized spacial score (nSPS) is 12.9. The zero-order valence-electron chi connectivity index (χ0n) is 3.17. The van der Waals surface area contributed by atoms with Gasteiger partial charge in [-0.3, -0.25) is 0 Å². The molecule has 5 heteroatoms. The van der Waals surface area contributed by atoms with E-state index in [0.717, 1.165) is 0 Å². The van der Waals surface area contributed by atoms with Gasteiger partial charge in [0.2, 0.25) is 0 Å². The average Bonchev–Trinajstić information content (AvgIpc) is 1.30. The first-order valence-electron chi connectivity index (χ1n) is 1.29. The van der Waals surface area contributed by atoms with Gasteiger partial charge in [0.15, 0.2) is 0 Å². The summed E-state index contributed by atoms with van der Waals surface area (Å²) in [5.41, 5.74) is 0.655. The fourth-order valence-electron chi connectivity index (χ4n) is 0.0630. The van der Waals surface area contributed by atoms with Gasteiger partial charge in [0.25, 0.3) is 0 Å². The van der Waals surface area contributed by atoms with Gasteiger partial charge in [-0.2, -0.15) is 8.42 Å². The van der Waals surface area contributed by atoms with Crippen LogP contribution >= 0.6 is 11.6 Å². The standard InChI is InChI=1S/C2H2ClO3S/c3-1-2-7(4,5)6/h1-2H. The van der Waals surface area contributed by atoms with E-state index in [1.54, 1.807) is 0 Å². The highest BCUT2D eigenvalue weighted by atomic mass is 35.5. The average molecular weight is 142 g/mol. The molecule has 0 aromatic rings. The first-order chi connectivity index (χ1) is 3.06. The summed E-state index contributed by atoms with van der Waals surface area (Å²) >= 11 is 4.73. The largest absolute Gasteiger partial charge is 0.318 e. The van der Waals surface area contributed by atoms with Gasteiger partial charge in [-0.15, -0.1) is 0 Å². The highest BCUT2D eigenvalue weighted by molar-refractivity contribution is 7.88. The molecule has 0 fully saturated rings. The second kappa shape index (κ2) is 2.30. The molecule has 1 radical (unpaired) electrons. The Bertz CT molecular complexity index is 156. The fourth-order valence-corrected chi connectivity index (χ4v) is 0.567. The molecule has 0 atom stereocenters. The van der Waals surface area contributed by atoms with Gasteiger partial charge in [0.05, 0.1) is 5.41 Å². The van der Waals surface area contributed by atoms with E-state index in [9.17, 15) is 13.0 Å². The van der Waals surface area contributed by atoms with Crippen LogP contribution in [-0.4, -0.2) is 8.42 Å². The van der Waals surface area contributed by atoms with Crippen LogP contribution < -0.4 is 0 Å². The van der Waals surface area contributed by atoms with Crippen molar-refractivity contribution in [2.24, 2.45) is 0 Å². The van der Waals surface area contributed by atoms with E-state index in [0.29, 0.717) is 10.9 Å². The fraction of sp³-hybridized carbons (Fsp3) is 0. The van der Waals surface area contributed by atoms with Crippen molar-refractivity contribution in [3.05, 3.63) is 10.9 Å². The summed E-state index contributed by atoms with van der Waals surface area (Å²) in [5.74, 6) is 0. The van der Waals surface area contributed by atoms with Crippen molar-refractivity contribution in [3.8, 4) is 0 Å². The Morgan fingerprint density at radius 1 is 1.43 bits per heavy atom. The van der Waals surface area contributed by atoms with E-state index in [4.69, 9.17) is 11.6 Å². The third kappa shape index (κ3) is 5.94. The summed E-state index contributed by atoms with van der Waals surface area (Å²) in [4.78, 5) is 0. The van der Waals surface area contributed by atoms with Crippen LogP contribution in [0.25, 0.3) is 0 Å². The maximum atomic E-state index is 9.50. The molecule has 0 amide bonds. The monoisotopic (exact) mass is 141 g/mol. The molecule has 0 heterocycles. The molecule has 0 saturated carbocycles. The minimum Gasteiger partial charge on any atom is -0.192 e. The molecule has 0 bridgehead atoms. The molecule has 7 heavy (non-hydrogen) atoms. The summed E-state index contributed by atoms with van der Waals surface area (Å²) in [6, 6.07) is 0. The first kappa shape index (κ1) is 6.94. The summed E-state index contributed by atoms with van der Waals surface area (Å²) in [7, 11) is -4.24. The Morgan fingerprint density at radius 3 is 1.86 bits per heavy atom. The van der Waals surface area contributed by atoms with Crippen LogP contribution in [-0.2, 0) is 14.7 Å². The van der Waals surface area contributed by atoms with Crippen LogP contribution in [0.5, 0.6) is 0 Å². The predicted octanol–water partition coefficient (Wildman–Crippen LogP) is 0.457. The van der Waals surface area contributed by atoms with Crippen molar-refractivity contribution < 1.29 is 13.0 Å². The lowest BCUT2D eigenvalue weighted by atomic mass is 11.3. The quantitative estimate of drug-likeness (QED) is 0.533. The molecule has 0 aliphatic carbocycles. The number of hydrogen-bond acceptors (Lipinski definition) is 2. The third-order valence-electron chi connectivity index (χ3n) is 0.218. The van der Waals surface area contributed by atoms with Crippen molar-refractivity contribution in [1.29, 1.82) is 0 Å². The van der Waals surface area contributed by atoms with Gasteiger partial charge in [-0.25, -0.2) is 0 Å². The van der Waals surface area contributed by atoms with Gasteiger partial charge in [-0.05, 0) is 0 Å². The summed E-state index contributed by atoms with van der Waals surface area (Å²) in [6.45, 7) is 0. The lowest BCUT2D eigenvalue weighted by Gasteiger charge is -1.71. The Balaban J connectivity index is 4.13. The van der Waals surface area contributed by atoms with E-state index in [-0.39, 0.29) is 0 Å². The zero-order chi connectivity index (χ0) is 5.91. The van der Waals surface area contributed by atoms with Crippen molar-refractivity contribution in [2.75, 3.05) is 0 Å². The van der Waals surface area contributed by atoms with Crippen molar-refractivity contribution in [2.45, 2.75) is 0 Å². The van der Waals surface area contributed by atoms with Crippen LogP contribution in [0, 0.1) is 0 Å². The second-order valence-electron chi connectivity index (χ2n) is 0.755. The smallest absolute Gasteiger partial charge is 0.192 e. The van der Waals surface area contributed by atoms with E-state index in [2.05, 4.69) is 0 Å². The first-order valence-corrected chi connectivity index (χ1v) is 3.20. The Labute approximate surface area is 46.3 Å². The number of rotatable bonds is 1. The van der Waals surface area contributed by atoms with Gasteiger partial charge in [0, 0.05) is 5.54 Å². The van der Waals surface area contributed by atoms with E-state index in [1.165, 1.54) is 0 Å². The molecule has 0 saturated heterocycles. The summed E-state index contributed by atoms with van der Waals surface area (Å²) in [5, 5.41) is 0.370. The summed E-state index contributed by atoms with van der Waals surface area (Å²) < 4.78 is 28.5. The molecule has 0 aliphatic rings. The van der Waals surface area contributed by atoms with Gasteiger partial charge in [0.1, 0.15) is 0 Å². The van der Waals surface area contributed by atoms with Crippen LogP contribution in [0.4, 0.5) is 0 Å². The maximum Gasteiger partial charge on any atom is 0.318 e. The van der Waals surface area contributed by atoms with Crippen LogP contribution in [0.15, 0.2) is 10.9 Å². The van der Waals surface area contributed by atoms with E-state index in [1.807, 2.05) is 0 Å². The maximum absolute atomic E-state index is 9.50. The number of hydrogen-bond donors (Lipinski definition) is 0. The molecule has 0 spiro atoms. The Kier molecular flexibility index (Phi) is 2.28. The molecular formula is C2H2ClO3S. The second-order valence-corrected chi connectivity index (χ2v) is 2.26. The Morgan fingerprint density at radius 2 is 1.86 bits per heavy atom. The van der Waals surface area contributed by atoms with Crippen LogP contribution in [0.1, 0.15) is 0 Å². The lowest BCUT2D eigenvalue weighted by molar-refractivity contribution is 0.424. The Hall–Kier alpha value is -0.0600.